The number of rotatable bonds is 9. The molecule has 0 saturated carbocycles. The molecule has 0 saturated heterocycles. The van der Waals surface area contributed by atoms with E-state index in [1.54, 1.807) is 0 Å². The van der Waals surface area contributed by atoms with Gasteiger partial charge in [0.15, 0.2) is 0 Å². The number of ether oxygens (including phenoxy) is 1. The van der Waals surface area contributed by atoms with Gasteiger partial charge in [-0.05, 0) is 12.8 Å². The molecule has 0 rings (SSSR count). The zero-order chi connectivity index (χ0) is 14.8. The van der Waals surface area contributed by atoms with Gasteiger partial charge in [-0.15, -0.1) is 0 Å². The van der Waals surface area contributed by atoms with E-state index >= 15 is 0 Å². The van der Waals surface area contributed by atoms with E-state index in [4.69, 9.17) is 10.8 Å². The second-order valence-electron chi connectivity index (χ2n) is 4.24. The predicted molar refractivity (Wildman–Crippen MR) is 68.3 cm³/mol. The lowest BCUT2D eigenvalue weighted by molar-refractivity contribution is -0.144. The maximum Gasteiger partial charge on any atom is 0.326 e. The van der Waals surface area contributed by atoms with Crippen LogP contribution in [0.25, 0.3) is 0 Å². The lowest BCUT2D eigenvalue weighted by Gasteiger charge is -2.18. The monoisotopic (exact) mass is 274 g/mol. The summed E-state index contributed by atoms with van der Waals surface area (Å²) in [5, 5.41) is 11.4. The summed E-state index contributed by atoms with van der Waals surface area (Å²) in [6.07, 6.45) is 1.33. The van der Waals surface area contributed by atoms with Crippen LogP contribution < -0.4 is 11.1 Å². The van der Waals surface area contributed by atoms with Crippen molar-refractivity contribution in [3.63, 3.8) is 0 Å². The molecule has 0 aromatic heterocycles. The van der Waals surface area contributed by atoms with Gasteiger partial charge in [0.25, 0.3) is 0 Å². The molecule has 19 heavy (non-hydrogen) atoms. The smallest absolute Gasteiger partial charge is 0.326 e. The van der Waals surface area contributed by atoms with E-state index in [1.807, 2.05) is 6.92 Å². The largest absolute Gasteiger partial charge is 0.480 e. The second kappa shape index (κ2) is 9.32. The Labute approximate surface area is 112 Å². The van der Waals surface area contributed by atoms with Crippen molar-refractivity contribution in [3.8, 4) is 0 Å². The molecule has 0 heterocycles. The van der Waals surface area contributed by atoms with E-state index < -0.39 is 23.9 Å². The van der Waals surface area contributed by atoms with Crippen molar-refractivity contribution in [1.82, 2.24) is 5.32 Å². The number of esters is 1. The topological polar surface area (TPSA) is 119 Å². The van der Waals surface area contributed by atoms with Crippen LogP contribution in [0.2, 0.25) is 0 Å². The van der Waals surface area contributed by atoms with Crippen LogP contribution in [0.15, 0.2) is 0 Å². The molecule has 0 radical (unpaired) electrons. The SMILES string of the molecule is CCCC(CN)C(=O)NC(CCC(=O)OC)C(=O)O. The molecule has 0 spiro atoms. The molecule has 0 aromatic rings. The molecule has 0 aliphatic rings. The van der Waals surface area contributed by atoms with E-state index in [-0.39, 0.29) is 25.3 Å². The summed E-state index contributed by atoms with van der Waals surface area (Å²) in [4.78, 5) is 33.8. The predicted octanol–water partition coefficient (Wildman–Crippen LogP) is -0.116. The van der Waals surface area contributed by atoms with Gasteiger partial charge in [-0.1, -0.05) is 13.3 Å². The average Bonchev–Trinajstić information content (AvgIpc) is 2.39. The molecule has 110 valence electrons. The first-order chi connectivity index (χ1) is 8.96. The van der Waals surface area contributed by atoms with E-state index in [0.717, 1.165) is 6.42 Å². The number of aliphatic carboxylic acids is 1. The Kier molecular flexibility index (Phi) is 8.52. The Balaban J connectivity index is 4.44. The van der Waals surface area contributed by atoms with Crippen LogP contribution in [-0.4, -0.2) is 42.6 Å². The first kappa shape index (κ1) is 17.4. The minimum absolute atomic E-state index is 0.00281. The summed E-state index contributed by atoms with van der Waals surface area (Å²) in [5.74, 6) is -2.47. The maximum absolute atomic E-state index is 11.8. The Bertz CT molecular complexity index is 319. The highest BCUT2D eigenvalue weighted by Gasteiger charge is 2.24. The van der Waals surface area contributed by atoms with Crippen LogP contribution in [0.1, 0.15) is 32.6 Å². The summed E-state index contributed by atoms with van der Waals surface area (Å²) in [6.45, 7) is 2.09. The van der Waals surface area contributed by atoms with Gasteiger partial charge in [0, 0.05) is 13.0 Å². The summed E-state index contributed by atoms with van der Waals surface area (Å²) >= 11 is 0. The Hall–Kier alpha value is -1.63. The molecule has 2 unspecified atom stereocenters. The van der Waals surface area contributed by atoms with Gasteiger partial charge >= 0.3 is 11.9 Å². The molecule has 7 heteroatoms. The lowest BCUT2D eigenvalue weighted by atomic mass is 10.0. The van der Waals surface area contributed by atoms with Crippen molar-refractivity contribution in [3.05, 3.63) is 0 Å². The number of amides is 1. The van der Waals surface area contributed by atoms with E-state index in [2.05, 4.69) is 10.1 Å². The third-order valence-electron chi connectivity index (χ3n) is 2.77. The summed E-state index contributed by atoms with van der Waals surface area (Å²) < 4.78 is 4.43. The number of methoxy groups -OCH3 is 1. The Morgan fingerprint density at radius 2 is 1.95 bits per heavy atom. The fraction of sp³-hybridized carbons (Fsp3) is 0.750. The number of carboxylic acids is 1. The number of hydrogen-bond acceptors (Lipinski definition) is 5. The molecule has 2 atom stereocenters. The number of carbonyl (C=O) groups excluding carboxylic acids is 2. The Morgan fingerprint density at radius 3 is 2.37 bits per heavy atom. The van der Waals surface area contributed by atoms with Crippen molar-refractivity contribution < 1.29 is 24.2 Å². The van der Waals surface area contributed by atoms with Gasteiger partial charge in [0.05, 0.1) is 13.0 Å². The minimum Gasteiger partial charge on any atom is -0.480 e. The number of hydrogen-bond donors (Lipinski definition) is 3. The van der Waals surface area contributed by atoms with Crippen LogP contribution in [0.3, 0.4) is 0 Å². The molecule has 1 amide bonds. The minimum atomic E-state index is -1.18. The van der Waals surface area contributed by atoms with E-state index in [1.165, 1.54) is 7.11 Å². The van der Waals surface area contributed by atoms with Crippen LogP contribution in [0.4, 0.5) is 0 Å². The quantitative estimate of drug-likeness (QED) is 0.504. The van der Waals surface area contributed by atoms with Gasteiger partial charge in [-0.2, -0.15) is 0 Å². The average molecular weight is 274 g/mol. The normalized spacial score (nSPS) is 13.4. The van der Waals surface area contributed by atoms with Crippen molar-refractivity contribution >= 4 is 17.8 Å². The fourth-order valence-electron chi connectivity index (χ4n) is 1.62. The van der Waals surface area contributed by atoms with Gasteiger partial charge in [-0.25, -0.2) is 4.79 Å². The van der Waals surface area contributed by atoms with Gasteiger partial charge in [-0.3, -0.25) is 9.59 Å². The summed E-state index contributed by atoms with van der Waals surface area (Å²) in [5.41, 5.74) is 5.47. The molecule has 0 fully saturated rings. The van der Waals surface area contributed by atoms with Crippen molar-refractivity contribution in [2.45, 2.75) is 38.6 Å². The molecule has 0 bridgehead atoms. The standard InChI is InChI=1S/C12H22N2O5/c1-3-4-8(7-13)11(16)14-9(12(17)18)5-6-10(15)19-2/h8-9H,3-7,13H2,1-2H3,(H,14,16)(H,17,18). The number of nitrogens with two attached hydrogens (primary N) is 1. The highest BCUT2D eigenvalue weighted by molar-refractivity contribution is 5.85. The van der Waals surface area contributed by atoms with Gasteiger partial charge < -0.3 is 20.9 Å². The van der Waals surface area contributed by atoms with Gasteiger partial charge in [0.1, 0.15) is 6.04 Å². The van der Waals surface area contributed by atoms with Crippen LogP contribution in [0, 0.1) is 5.92 Å². The summed E-state index contributed by atoms with van der Waals surface area (Å²) in [6, 6.07) is -1.10. The molecule has 7 nitrogen and oxygen atoms in total. The highest BCUT2D eigenvalue weighted by atomic mass is 16.5. The van der Waals surface area contributed by atoms with Crippen LogP contribution >= 0.6 is 0 Å². The zero-order valence-electron chi connectivity index (χ0n) is 11.3. The molecule has 0 aromatic carbocycles. The van der Waals surface area contributed by atoms with Crippen molar-refractivity contribution in [1.29, 1.82) is 0 Å². The zero-order valence-corrected chi connectivity index (χ0v) is 11.3. The first-order valence-corrected chi connectivity index (χ1v) is 6.26. The van der Waals surface area contributed by atoms with Crippen molar-refractivity contribution in [2.75, 3.05) is 13.7 Å². The molecular weight excluding hydrogens is 252 g/mol. The third kappa shape index (κ3) is 6.76. The molecule has 0 aliphatic heterocycles. The second-order valence-corrected chi connectivity index (χ2v) is 4.24. The third-order valence-corrected chi connectivity index (χ3v) is 2.77. The number of carboxylic acid groups (broad SMARTS) is 1. The molecule has 4 N–H and O–H groups in total. The van der Waals surface area contributed by atoms with Crippen LogP contribution in [-0.2, 0) is 19.1 Å². The lowest BCUT2D eigenvalue weighted by Crippen LogP contribution is -2.45. The fourth-order valence-corrected chi connectivity index (χ4v) is 1.62. The van der Waals surface area contributed by atoms with Crippen molar-refractivity contribution in [2.24, 2.45) is 11.7 Å². The van der Waals surface area contributed by atoms with E-state index in [0.29, 0.717) is 6.42 Å². The molecular formula is C12H22N2O5. The summed E-state index contributed by atoms with van der Waals surface area (Å²) in [7, 11) is 1.22. The van der Waals surface area contributed by atoms with Crippen LogP contribution in [0.5, 0.6) is 0 Å². The maximum atomic E-state index is 11.8. The van der Waals surface area contributed by atoms with Gasteiger partial charge in [0.2, 0.25) is 5.91 Å². The Morgan fingerprint density at radius 1 is 1.32 bits per heavy atom. The van der Waals surface area contributed by atoms with E-state index in [9.17, 15) is 14.4 Å². The molecule has 0 aliphatic carbocycles. The highest BCUT2D eigenvalue weighted by Crippen LogP contribution is 2.07. The number of carbonyl (C=O) groups is 3. The number of nitrogens with one attached hydrogen (secondary N) is 1. The first-order valence-electron chi connectivity index (χ1n) is 6.26.